The first-order valence-corrected chi connectivity index (χ1v) is 8.34. The lowest BCUT2D eigenvalue weighted by Gasteiger charge is -2.26. The highest BCUT2D eigenvalue weighted by molar-refractivity contribution is 6.07. The normalized spacial score (nSPS) is 23.1. The van der Waals surface area contributed by atoms with E-state index in [1.807, 2.05) is 25.1 Å². The van der Waals surface area contributed by atoms with Crippen molar-refractivity contribution in [1.82, 2.24) is 10.2 Å². The minimum absolute atomic E-state index is 0.0314. The Hall–Kier alpha value is -2.04. The van der Waals surface area contributed by atoms with Gasteiger partial charge in [-0.05, 0) is 50.5 Å². The van der Waals surface area contributed by atoms with Gasteiger partial charge in [0, 0.05) is 5.56 Å². The molecular weight excluding hydrogens is 292 g/mol. The molecule has 3 amide bonds. The third kappa shape index (κ3) is 2.21. The molecule has 1 heterocycles. The Balaban J connectivity index is 1.64. The fourth-order valence-corrected chi connectivity index (χ4v) is 3.92. The van der Waals surface area contributed by atoms with Gasteiger partial charge in [0.15, 0.2) is 0 Å². The molecule has 0 unspecified atom stereocenters. The van der Waals surface area contributed by atoms with Crippen molar-refractivity contribution in [2.24, 2.45) is 11.8 Å². The van der Waals surface area contributed by atoms with E-state index in [2.05, 4.69) is 5.32 Å². The lowest BCUT2D eigenvalue weighted by Crippen LogP contribution is -2.51. The Kier molecular flexibility index (Phi) is 3.15. The molecule has 1 aromatic carbocycles. The van der Waals surface area contributed by atoms with E-state index < -0.39 is 5.54 Å². The van der Waals surface area contributed by atoms with Crippen LogP contribution in [0.5, 0.6) is 5.75 Å². The van der Waals surface area contributed by atoms with Crippen molar-refractivity contribution in [3.05, 3.63) is 29.3 Å². The highest BCUT2D eigenvalue weighted by Crippen LogP contribution is 2.54. The number of methoxy groups -OCH3 is 1. The van der Waals surface area contributed by atoms with Crippen LogP contribution in [0.3, 0.4) is 0 Å². The van der Waals surface area contributed by atoms with Crippen molar-refractivity contribution < 1.29 is 14.3 Å². The number of ether oxygens (including phenoxy) is 1. The van der Waals surface area contributed by atoms with E-state index >= 15 is 0 Å². The van der Waals surface area contributed by atoms with Crippen molar-refractivity contribution in [3.8, 4) is 5.75 Å². The van der Waals surface area contributed by atoms with E-state index in [1.165, 1.54) is 4.90 Å². The topological polar surface area (TPSA) is 58.6 Å². The summed E-state index contributed by atoms with van der Waals surface area (Å²) in [5, 5.41) is 3.06. The summed E-state index contributed by atoms with van der Waals surface area (Å²) < 4.78 is 5.38. The van der Waals surface area contributed by atoms with Gasteiger partial charge in [0.1, 0.15) is 11.3 Å². The third-order valence-electron chi connectivity index (χ3n) is 5.36. The minimum atomic E-state index is -0.617. The molecule has 0 radical (unpaired) electrons. The van der Waals surface area contributed by atoms with E-state index in [9.17, 15) is 9.59 Å². The third-order valence-corrected chi connectivity index (χ3v) is 5.36. The van der Waals surface area contributed by atoms with E-state index in [1.54, 1.807) is 7.11 Å². The van der Waals surface area contributed by atoms with Crippen LogP contribution in [-0.2, 0) is 11.3 Å². The molecule has 1 aliphatic heterocycles. The number of nitrogens with one attached hydrogen (secondary N) is 1. The summed E-state index contributed by atoms with van der Waals surface area (Å²) in [4.78, 5) is 27.0. The average Bonchev–Trinajstić information content (AvgIpc) is 3.42. The molecule has 2 saturated carbocycles. The maximum Gasteiger partial charge on any atom is 0.325 e. The molecule has 4 rings (SSSR count). The quantitative estimate of drug-likeness (QED) is 0.850. The van der Waals surface area contributed by atoms with Gasteiger partial charge in [0.25, 0.3) is 5.91 Å². The number of carbonyl (C=O) groups excluding carboxylic acids is 2. The summed E-state index contributed by atoms with van der Waals surface area (Å²) in [6.07, 6.45) is 4.18. The van der Waals surface area contributed by atoms with Crippen molar-refractivity contribution in [1.29, 1.82) is 0 Å². The van der Waals surface area contributed by atoms with Crippen LogP contribution in [0.2, 0.25) is 0 Å². The largest absolute Gasteiger partial charge is 0.496 e. The number of urea groups is 1. The number of carbonyl (C=O) groups is 2. The first kappa shape index (κ1) is 14.5. The van der Waals surface area contributed by atoms with E-state index in [0.29, 0.717) is 17.6 Å². The van der Waals surface area contributed by atoms with E-state index in [4.69, 9.17) is 4.74 Å². The molecular formula is C18H22N2O3. The van der Waals surface area contributed by atoms with Gasteiger partial charge in [0.05, 0.1) is 13.7 Å². The second kappa shape index (κ2) is 4.98. The Morgan fingerprint density at radius 3 is 2.43 bits per heavy atom. The highest BCUT2D eigenvalue weighted by atomic mass is 16.5. The van der Waals surface area contributed by atoms with Crippen molar-refractivity contribution in [2.75, 3.05) is 7.11 Å². The minimum Gasteiger partial charge on any atom is -0.496 e. The molecule has 0 bridgehead atoms. The molecule has 1 aromatic rings. The second-order valence-electron chi connectivity index (χ2n) is 7.05. The van der Waals surface area contributed by atoms with Crippen LogP contribution in [-0.4, -0.2) is 29.5 Å². The van der Waals surface area contributed by atoms with Crippen LogP contribution in [0.4, 0.5) is 4.79 Å². The molecule has 5 nitrogen and oxygen atoms in total. The summed E-state index contributed by atoms with van der Waals surface area (Å²) in [6, 6.07) is 5.58. The van der Waals surface area contributed by atoms with Gasteiger partial charge in [-0.3, -0.25) is 9.69 Å². The van der Waals surface area contributed by atoms with Crippen LogP contribution in [0.25, 0.3) is 0 Å². The summed E-state index contributed by atoms with van der Waals surface area (Å²) in [7, 11) is 1.61. The molecule has 0 aromatic heterocycles. The number of amides is 3. The predicted octanol–water partition coefficient (Wildman–Crippen LogP) is 2.61. The fourth-order valence-electron chi connectivity index (χ4n) is 3.92. The van der Waals surface area contributed by atoms with Crippen molar-refractivity contribution in [3.63, 3.8) is 0 Å². The number of hydrogen-bond donors (Lipinski definition) is 1. The zero-order valence-electron chi connectivity index (χ0n) is 13.6. The van der Waals surface area contributed by atoms with Crippen LogP contribution in [0, 0.1) is 18.8 Å². The molecule has 0 atom stereocenters. The molecule has 3 fully saturated rings. The summed E-state index contributed by atoms with van der Waals surface area (Å²) >= 11 is 0. The average molecular weight is 314 g/mol. The number of imide groups is 1. The van der Waals surface area contributed by atoms with Gasteiger partial charge in [0.2, 0.25) is 0 Å². The molecule has 1 N–H and O–H groups in total. The molecule has 5 heteroatoms. The van der Waals surface area contributed by atoms with Gasteiger partial charge < -0.3 is 10.1 Å². The Morgan fingerprint density at radius 2 is 1.87 bits per heavy atom. The van der Waals surface area contributed by atoms with Gasteiger partial charge in [-0.15, -0.1) is 0 Å². The number of rotatable bonds is 5. The van der Waals surface area contributed by atoms with Gasteiger partial charge in [-0.25, -0.2) is 4.79 Å². The number of nitrogens with zero attached hydrogens (tertiary/aromatic N) is 1. The van der Waals surface area contributed by atoms with Crippen molar-refractivity contribution >= 4 is 11.9 Å². The van der Waals surface area contributed by atoms with Gasteiger partial charge in [-0.2, -0.15) is 0 Å². The second-order valence-corrected chi connectivity index (χ2v) is 7.05. The number of benzene rings is 1. The highest BCUT2D eigenvalue weighted by Gasteiger charge is 2.65. The maximum absolute atomic E-state index is 13.1. The summed E-state index contributed by atoms with van der Waals surface area (Å²) in [6.45, 7) is 2.27. The standard InChI is InChI=1S/C18H22N2O3/c1-11-3-8-15(23-2)12(9-11)10-20-16(21)18(13-4-5-13,14-6-7-14)19-17(20)22/h3,8-9,13-14H,4-7,10H2,1-2H3,(H,19,22). The zero-order valence-corrected chi connectivity index (χ0v) is 13.6. The van der Waals surface area contributed by atoms with Gasteiger partial charge >= 0.3 is 6.03 Å². The maximum atomic E-state index is 13.1. The Morgan fingerprint density at radius 1 is 1.22 bits per heavy atom. The molecule has 23 heavy (non-hydrogen) atoms. The number of hydrogen-bond acceptors (Lipinski definition) is 3. The molecule has 1 saturated heterocycles. The Bertz CT molecular complexity index is 665. The van der Waals surface area contributed by atoms with Crippen molar-refractivity contribution in [2.45, 2.75) is 44.7 Å². The number of aryl methyl sites for hydroxylation is 1. The molecule has 3 aliphatic rings. The van der Waals surface area contributed by atoms with E-state index in [-0.39, 0.29) is 18.5 Å². The van der Waals surface area contributed by atoms with Crippen LogP contribution in [0.15, 0.2) is 18.2 Å². The smallest absolute Gasteiger partial charge is 0.325 e. The van der Waals surface area contributed by atoms with Crippen LogP contribution < -0.4 is 10.1 Å². The Labute approximate surface area is 136 Å². The van der Waals surface area contributed by atoms with Crippen LogP contribution >= 0.6 is 0 Å². The SMILES string of the molecule is COc1ccc(C)cc1CN1C(=O)NC(C2CC2)(C2CC2)C1=O. The summed E-state index contributed by atoms with van der Waals surface area (Å²) in [5.41, 5.74) is 1.34. The molecule has 0 spiro atoms. The lowest BCUT2D eigenvalue weighted by molar-refractivity contribution is -0.133. The molecule has 122 valence electrons. The monoisotopic (exact) mass is 314 g/mol. The first-order chi connectivity index (χ1) is 11.1. The first-order valence-electron chi connectivity index (χ1n) is 8.34. The predicted molar refractivity (Wildman–Crippen MR) is 85.0 cm³/mol. The fraction of sp³-hybridized carbons (Fsp3) is 0.556. The lowest BCUT2D eigenvalue weighted by atomic mass is 9.87. The van der Waals surface area contributed by atoms with E-state index in [0.717, 1.165) is 36.8 Å². The molecule has 2 aliphatic carbocycles. The zero-order chi connectivity index (χ0) is 16.2. The van der Waals surface area contributed by atoms with Crippen LogP contribution in [0.1, 0.15) is 36.8 Å². The summed E-state index contributed by atoms with van der Waals surface area (Å²) in [5.74, 6) is 1.34. The van der Waals surface area contributed by atoms with Gasteiger partial charge in [-0.1, -0.05) is 17.7 Å².